The number of benzene rings is 1. The molecule has 2 rings (SSSR count). The lowest BCUT2D eigenvalue weighted by Gasteiger charge is -2.30. The monoisotopic (exact) mass is 292 g/mol. The summed E-state index contributed by atoms with van der Waals surface area (Å²) in [5, 5.41) is 3.38. The number of piperidine rings is 1. The van der Waals surface area contributed by atoms with Crippen LogP contribution in [0.1, 0.15) is 42.1 Å². The molecule has 1 unspecified atom stereocenters. The number of hydrogen-bond donors (Lipinski definition) is 1. The molecule has 0 saturated carbocycles. The van der Waals surface area contributed by atoms with Crippen LogP contribution in [-0.4, -0.2) is 37.0 Å². The molecule has 0 radical (unpaired) electrons. The summed E-state index contributed by atoms with van der Waals surface area (Å²) in [7, 11) is 0. The summed E-state index contributed by atoms with van der Waals surface area (Å²) in [4.78, 5) is 14.5. The van der Waals surface area contributed by atoms with Gasteiger partial charge in [0.05, 0.1) is 0 Å². The lowest BCUT2D eigenvalue weighted by molar-refractivity contribution is 0.0718. The largest absolute Gasteiger partial charge is 0.338 e. The second-order valence-electron chi connectivity index (χ2n) is 5.93. The van der Waals surface area contributed by atoms with Gasteiger partial charge in [0.25, 0.3) is 5.91 Å². The number of aryl methyl sites for hydroxylation is 1. The summed E-state index contributed by atoms with van der Waals surface area (Å²) in [5.74, 6) is 0.141. The number of carbonyl (C=O) groups is 1. The number of halogens is 1. The first kappa shape index (κ1) is 16.0. The van der Waals surface area contributed by atoms with Crippen molar-refractivity contribution in [3.05, 3.63) is 35.1 Å². The lowest BCUT2D eigenvalue weighted by Crippen LogP contribution is -2.41. The van der Waals surface area contributed by atoms with E-state index in [9.17, 15) is 9.18 Å². The molecule has 1 saturated heterocycles. The van der Waals surface area contributed by atoms with Crippen LogP contribution >= 0.6 is 0 Å². The normalized spacial score (nSPS) is 18.5. The van der Waals surface area contributed by atoms with Crippen molar-refractivity contribution in [1.82, 2.24) is 10.2 Å². The molecule has 0 bridgehead atoms. The minimum absolute atomic E-state index is 0.0543. The molecule has 1 atom stereocenters. The summed E-state index contributed by atoms with van der Waals surface area (Å²) >= 11 is 0. The summed E-state index contributed by atoms with van der Waals surface area (Å²) in [6.45, 7) is 7.30. The van der Waals surface area contributed by atoms with Crippen LogP contribution in [0.4, 0.5) is 4.39 Å². The predicted molar refractivity (Wildman–Crippen MR) is 82.9 cm³/mol. The zero-order valence-electron chi connectivity index (χ0n) is 13.0. The van der Waals surface area contributed by atoms with Crippen LogP contribution < -0.4 is 5.32 Å². The average molecular weight is 292 g/mol. The third kappa shape index (κ3) is 4.27. The van der Waals surface area contributed by atoms with Gasteiger partial charge in [-0.15, -0.1) is 0 Å². The van der Waals surface area contributed by atoms with Crippen molar-refractivity contribution in [2.24, 2.45) is 5.92 Å². The highest BCUT2D eigenvalue weighted by atomic mass is 19.1. The number of rotatable bonds is 5. The molecule has 1 aromatic carbocycles. The van der Waals surface area contributed by atoms with Crippen molar-refractivity contribution in [2.75, 3.05) is 26.2 Å². The molecule has 0 aliphatic carbocycles. The van der Waals surface area contributed by atoms with Gasteiger partial charge < -0.3 is 10.2 Å². The average Bonchev–Trinajstić information content (AvgIpc) is 2.50. The fourth-order valence-electron chi connectivity index (χ4n) is 2.85. The van der Waals surface area contributed by atoms with Crippen LogP contribution in [0.3, 0.4) is 0 Å². The second-order valence-corrected chi connectivity index (χ2v) is 5.93. The van der Waals surface area contributed by atoms with Crippen LogP contribution in [0.5, 0.6) is 0 Å². The van der Waals surface area contributed by atoms with E-state index in [1.807, 2.05) is 4.90 Å². The van der Waals surface area contributed by atoms with E-state index in [-0.39, 0.29) is 11.7 Å². The third-order valence-electron chi connectivity index (χ3n) is 4.08. The van der Waals surface area contributed by atoms with Gasteiger partial charge in [-0.05, 0) is 62.9 Å². The Bertz CT molecular complexity index is 484. The fourth-order valence-corrected chi connectivity index (χ4v) is 2.85. The highest BCUT2D eigenvalue weighted by molar-refractivity contribution is 5.94. The zero-order valence-corrected chi connectivity index (χ0v) is 13.0. The smallest absolute Gasteiger partial charge is 0.253 e. The van der Waals surface area contributed by atoms with Gasteiger partial charge in [-0.1, -0.05) is 13.0 Å². The van der Waals surface area contributed by atoms with Gasteiger partial charge in [-0.25, -0.2) is 4.39 Å². The molecule has 0 aromatic heterocycles. The van der Waals surface area contributed by atoms with Crippen LogP contribution in [0.25, 0.3) is 0 Å². The molecular formula is C17H25FN2O. The zero-order chi connectivity index (χ0) is 15.2. The molecule has 0 spiro atoms. The lowest BCUT2D eigenvalue weighted by atomic mass is 9.98. The Morgan fingerprint density at radius 2 is 2.29 bits per heavy atom. The predicted octanol–water partition coefficient (Wildman–Crippen LogP) is 2.99. The Morgan fingerprint density at radius 1 is 1.48 bits per heavy atom. The van der Waals surface area contributed by atoms with Gasteiger partial charge in [0.2, 0.25) is 0 Å². The van der Waals surface area contributed by atoms with Crippen LogP contribution in [0, 0.1) is 18.7 Å². The Kier molecular flexibility index (Phi) is 5.74. The molecule has 1 aliphatic rings. The quantitative estimate of drug-likeness (QED) is 0.905. The Labute approximate surface area is 126 Å². The SMILES string of the molecule is CCCN(CC1CCCNC1)C(=O)c1ccc(C)c(F)c1. The molecule has 1 aliphatic heterocycles. The molecule has 1 aromatic rings. The van der Waals surface area contributed by atoms with Crippen LogP contribution in [-0.2, 0) is 0 Å². The molecule has 1 amide bonds. The summed E-state index contributed by atoms with van der Waals surface area (Å²) in [5.41, 5.74) is 1.03. The van der Waals surface area contributed by atoms with E-state index < -0.39 is 0 Å². The van der Waals surface area contributed by atoms with E-state index in [2.05, 4.69) is 12.2 Å². The first-order valence-electron chi connectivity index (χ1n) is 7.88. The van der Waals surface area contributed by atoms with E-state index in [1.54, 1.807) is 19.1 Å². The van der Waals surface area contributed by atoms with Gasteiger partial charge in [-0.2, -0.15) is 0 Å². The van der Waals surface area contributed by atoms with Gasteiger partial charge in [-0.3, -0.25) is 4.79 Å². The summed E-state index contributed by atoms with van der Waals surface area (Å²) < 4.78 is 13.7. The van der Waals surface area contributed by atoms with Crippen molar-refractivity contribution >= 4 is 5.91 Å². The van der Waals surface area contributed by atoms with Crippen molar-refractivity contribution in [3.63, 3.8) is 0 Å². The minimum Gasteiger partial charge on any atom is -0.338 e. The Balaban J connectivity index is 2.08. The molecule has 1 fully saturated rings. The summed E-state index contributed by atoms with van der Waals surface area (Å²) in [6, 6.07) is 4.76. The summed E-state index contributed by atoms with van der Waals surface area (Å²) in [6.07, 6.45) is 3.24. The van der Waals surface area contributed by atoms with Crippen molar-refractivity contribution < 1.29 is 9.18 Å². The number of amides is 1. The van der Waals surface area contributed by atoms with Crippen molar-refractivity contribution in [3.8, 4) is 0 Å². The number of nitrogens with one attached hydrogen (secondary N) is 1. The minimum atomic E-state index is -0.309. The van der Waals surface area contributed by atoms with Crippen LogP contribution in [0.15, 0.2) is 18.2 Å². The molecule has 4 heteroatoms. The highest BCUT2D eigenvalue weighted by Gasteiger charge is 2.21. The Hall–Kier alpha value is -1.42. The van der Waals surface area contributed by atoms with Gasteiger partial charge in [0.1, 0.15) is 5.82 Å². The van der Waals surface area contributed by atoms with Crippen molar-refractivity contribution in [2.45, 2.75) is 33.1 Å². The molecule has 21 heavy (non-hydrogen) atoms. The molecule has 1 N–H and O–H groups in total. The second kappa shape index (κ2) is 7.55. The molecule has 1 heterocycles. The third-order valence-corrected chi connectivity index (χ3v) is 4.08. The number of hydrogen-bond acceptors (Lipinski definition) is 2. The van der Waals surface area contributed by atoms with Gasteiger partial charge in [0.15, 0.2) is 0 Å². The highest BCUT2D eigenvalue weighted by Crippen LogP contribution is 2.16. The Morgan fingerprint density at radius 3 is 2.90 bits per heavy atom. The fraction of sp³-hybridized carbons (Fsp3) is 0.588. The maximum absolute atomic E-state index is 13.7. The van der Waals surface area contributed by atoms with E-state index in [1.165, 1.54) is 6.07 Å². The van der Waals surface area contributed by atoms with Gasteiger partial charge in [0, 0.05) is 18.7 Å². The van der Waals surface area contributed by atoms with E-state index in [4.69, 9.17) is 0 Å². The van der Waals surface area contributed by atoms with Gasteiger partial charge >= 0.3 is 0 Å². The van der Waals surface area contributed by atoms with E-state index in [0.29, 0.717) is 17.0 Å². The standard InChI is InChI=1S/C17H25FN2O/c1-3-9-20(12-14-5-4-8-19-11-14)17(21)15-7-6-13(2)16(18)10-15/h6-7,10,14,19H,3-5,8-9,11-12H2,1-2H3. The molecular weight excluding hydrogens is 267 g/mol. The maximum atomic E-state index is 13.7. The number of carbonyl (C=O) groups excluding carboxylic acids is 1. The topological polar surface area (TPSA) is 32.3 Å². The first-order chi connectivity index (χ1) is 10.1. The maximum Gasteiger partial charge on any atom is 0.253 e. The molecule has 116 valence electrons. The van der Waals surface area contributed by atoms with Crippen LogP contribution in [0.2, 0.25) is 0 Å². The van der Waals surface area contributed by atoms with E-state index >= 15 is 0 Å². The first-order valence-corrected chi connectivity index (χ1v) is 7.88. The number of nitrogens with zero attached hydrogens (tertiary/aromatic N) is 1. The van der Waals surface area contributed by atoms with E-state index in [0.717, 1.165) is 45.4 Å². The van der Waals surface area contributed by atoms with Crippen molar-refractivity contribution in [1.29, 1.82) is 0 Å². The molecule has 3 nitrogen and oxygen atoms in total.